The molecule has 0 radical (unpaired) electrons. The summed E-state index contributed by atoms with van der Waals surface area (Å²) in [4.78, 5) is 28.4. The Morgan fingerprint density at radius 1 is 1.03 bits per heavy atom. The molecule has 2 amide bonds. The Hall–Kier alpha value is -1.65. The van der Waals surface area contributed by atoms with Gasteiger partial charge in [0.25, 0.3) is 0 Å². The van der Waals surface area contributed by atoms with Crippen LogP contribution in [0.15, 0.2) is 33.6 Å². The number of halogens is 1. The van der Waals surface area contributed by atoms with Crippen LogP contribution >= 0.6 is 15.9 Å². The second-order valence-electron chi connectivity index (χ2n) is 7.86. The number of sulfonamides is 1. The first-order valence-corrected chi connectivity index (χ1v) is 13.0. The van der Waals surface area contributed by atoms with Gasteiger partial charge in [0.05, 0.1) is 18.0 Å². The van der Waals surface area contributed by atoms with Crippen molar-refractivity contribution >= 4 is 38.0 Å². The van der Waals surface area contributed by atoms with E-state index < -0.39 is 10.0 Å². The third kappa shape index (κ3) is 5.98. The molecule has 10 heteroatoms. The molecule has 1 saturated heterocycles. The summed E-state index contributed by atoms with van der Waals surface area (Å²) in [6.07, 6.45) is 4.16. The highest BCUT2D eigenvalue weighted by Gasteiger charge is 2.35. The second-order valence-corrected chi connectivity index (χ2v) is 10.7. The Labute approximate surface area is 192 Å². The lowest BCUT2D eigenvalue weighted by Gasteiger charge is -2.37. The molecule has 0 aromatic heterocycles. The lowest BCUT2D eigenvalue weighted by atomic mass is 9.95. The van der Waals surface area contributed by atoms with Crippen molar-refractivity contribution in [3.8, 4) is 0 Å². The third-order valence-electron chi connectivity index (χ3n) is 5.85. The Balaban J connectivity index is 1.72. The highest BCUT2D eigenvalue weighted by molar-refractivity contribution is 9.10. The number of piperazine rings is 1. The zero-order chi connectivity index (χ0) is 22.4. The molecule has 0 bridgehead atoms. The first kappa shape index (κ1) is 24.0. The van der Waals surface area contributed by atoms with Crippen LogP contribution in [0.3, 0.4) is 0 Å². The molecule has 8 nitrogen and oxygen atoms in total. The lowest BCUT2D eigenvalue weighted by Crippen LogP contribution is -2.54. The minimum atomic E-state index is -3.80. The van der Waals surface area contributed by atoms with Crippen LogP contribution in [0.4, 0.5) is 4.79 Å². The highest BCUT2D eigenvalue weighted by Crippen LogP contribution is 2.28. The van der Waals surface area contributed by atoms with E-state index in [0.717, 1.165) is 36.6 Å². The van der Waals surface area contributed by atoms with Crippen molar-refractivity contribution < 1.29 is 22.7 Å². The van der Waals surface area contributed by atoms with Crippen LogP contribution in [-0.4, -0.2) is 79.9 Å². The zero-order valence-electron chi connectivity index (χ0n) is 17.8. The fourth-order valence-electron chi connectivity index (χ4n) is 4.11. The predicted molar refractivity (Wildman–Crippen MR) is 120 cm³/mol. The molecule has 0 unspecified atom stereocenters. The topological polar surface area (TPSA) is 87.2 Å². The first-order chi connectivity index (χ1) is 14.8. The molecular weight excluding hydrogens is 486 g/mol. The molecule has 2 aliphatic rings. The maximum absolute atomic E-state index is 13.4. The number of carbonyl (C=O) groups is 2. The number of rotatable bonds is 6. The summed E-state index contributed by atoms with van der Waals surface area (Å²) in [5, 5.41) is 0. The molecule has 172 valence electrons. The molecule has 0 atom stereocenters. The molecule has 1 aliphatic heterocycles. The van der Waals surface area contributed by atoms with Gasteiger partial charge in [0.2, 0.25) is 15.9 Å². The van der Waals surface area contributed by atoms with Gasteiger partial charge in [-0.15, -0.1) is 0 Å². The minimum Gasteiger partial charge on any atom is -0.450 e. The molecule has 1 aromatic rings. The number of benzene rings is 1. The van der Waals surface area contributed by atoms with Crippen LogP contribution in [-0.2, 0) is 19.6 Å². The average Bonchev–Trinajstić information content (AvgIpc) is 2.78. The van der Waals surface area contributed by atoms with E-state index in [9.17, 15) is 18.0 Å². The van der Waals surface area contributed by atoms with Crippen LogP contribution in [0.1, 0.15) is 39.0 Å². The van der Waals surface area contributed by atoms with E-state index in [4.69, 9.17) is 4.74 Å². The van der Waals surface area contributed by atoms with Crippen molar-refractivity contribution in [3.63, 3.8) is 0 Å². The van der Waals surface area contributed by atoms with Gasteiger partial charge in [-0.3, -0.25) is 4.79 Å². The van der Waals surface area contributed by atoms with E-state index in [1.165, 1.54) is 4.31 Å². The maximum atomic E-state index is 13.4. The van der Waals surface area contributed by atoms with Crippen LogP contribution < -0.4 is 0 Å². The van der Waals surface area contributed by atoms with E-state index in [-0.39, 0.29) is 29.5 Å². The van der Waals surface area contributed by atoms with Crippen LogP contribution in [0.25, 0.3) is 0 Å². The van der Waals surface area contributed by atoms with E-state index in [1.54, 1.807) is 41.0 Å². The summed E-state index contributed by atoms with van der Waals surface area (Å²) in [6.45, 7) is 3.39. The third-order valence-corrected chi connectivity index (χ3v) is 8.29. The quantitative estimate of drug-likeness (QED) is 0.580. The number of ether oxygens (including phenoxy) is 1. The number of nitrogens with zero attached hydrogens (tertiary/aromatic N) is 3. The first-order valence-electron chi connectivity index (χ1n) is 10.8. The van der Waals surface area contributed by atoms with Gasteiger partial charge >= 0.3 is 6.09 Å². The molecule has 1 heterocycles. The van der Waals surface area contributed by atoms with Gasteiger partial charge in [0.1, 0.15) is 0 Å². The molecule has 0 N–H and O–H groups in total. The maximum Gasteiger partial charge on any atom is 0.409 e. The van der Waals surface area contributed by atoms with Crippen LogP contribution in [0, 0.1) is 0 Å². The molecule has 1 aromatic carbocycles. The average molecular weight is 516 g/mol. The Morgan fingerprint density at radius 2 is 1.61 bits per heavy atom. The number of carbonyl (C=O) groups excluding carboxylic acids is 2. The normalized spacial score (nSPS) is 18.3. The standard InChI is InChI=1S/C21H30BrN3O5S/c1-2-30-21(27)24-14-12-23(13-15-24)20(26)16-25(18-6-4-3-5-7-18)31(28,29)19-10-8-17(22)9-11-19/h8-11,18H,2-7,12-16H2,1H3. The summed E-state index contributed by atoms with van der Waals surface area (Å²) < 4.78 is 34.1. The molecular formula is C21H30BrN3O5S. The summed E-state index contributed by atoms with van der Waals surface area (Å²) in [5.41, 5.74) is 0. The van der Waals surface area contributed by atoms with Crippen LogP contribution in [0.5, 0.6) is 0 Å². The monoisotopic (exact) mass is 515 g/mol. The van der Waals surface area contributed by atoms with Crippen molar-refractivity contribution in [2.45, 2.75) is 50.0 Å². The van der Waals surface area contributed by atoms with Gasteiger partial charge in [-0.05, 0) is 44.0 Å². The van der Waals surface area contributed by atoms with Crippen LogP contribution in [0.2, 0.25) is 0 Å². The van der Waals surface area contributed by atoms with E-state index in [0.29, 0.717) is 32.8 Å². The van der Waals surface area contributed by atoms with Gasteiger partial charge in [-0.25, -0.2) is 13.2 Å². The summed E-state index contributed by atoms with van der Waals surface area (Å²) >= 11 is 3.34. The van der Waals surface area contributed by atoms with Gasteiger partial charge in [0, 0.05) is 36.7 Å². The van der Waals surface area contributed by atoms with Crippen molar-refractivity contribution in [1.29, 1.82) is 0 Å². The van der Waals surface area contributed by atoms with Crippen molar-refractivity contribution in [2.75, 3.05) is 39.3 Å². The van der Waals surface area contributed by atoms with E-state index in [2.05, 4.69) is 15.9 Å². The highest BCUT2D eigenvalue weighted by atomic mass is 79.9. The Kier molecular flexibility index (Phi) is 8.35. The number of hydrogen-bond acceptors (Lipinski definition) is 5. The van der Waals surface area contributed by atoms with Crippen molar-refractivity contribution in [2.24, 2.45) is 0 Å². The zero-order valence-corrected chi connectivity index (χ0v) is 20.2. The molecule has 31 heavy (non-hydrogen) atoms. The molecule has 0 spiro atoms. The summed E-state index contributed by atoms with van der Waals surface area (Å²) in [5.74, 6) is -0.227. The molecule has 3 rings (SSSR count). The predicted octanol–water partition coefficient (Wildman–Crippen LogP) is 3.07. The van der Waals surface area contributed by atoms with Crippen molar-refractivity contribution in [1.82, 2.24) is 14.1 Å². The minimum absolute atomic E-state index is 0.174. The smallest absolute Gasteiger partial charge is 0.409 e. The van der Waals surface area contributed by atoms with E-state index in [1.807, 2.05) is 0 Å². The second kappa shape index (κ2) is 10.8. The molecule has 1 saturated carbocycles. The SMILES string of the molecule is CCOC(=O)N1CCN(C(=O)CN(C2CCCCC2)S(=O)(=O)c2ccc(Br)cc2)CC1. The summed E-state index contributed by atoms with van der Waals surface area (Å²) in [6, 6.07) is 6.35. The van der Waals surface area contributed by atoms with Gasteiger partial charge in [-0.1, -0.05) is 35.2 Å². The van der Waals surface area contributed by atoms with Crippen molar-refractivity contribution in [3.05, 3.63) is 28.7 Å². The lowest BCUT2D eigenvalue weighted by molar-refractivity contribution is -0.133. The molecule has 1 aliphatic carbocycles. The number of hydrogen-bond donors (Lipinski definition) is 0. The van der Waals surface area contributed by atoms with Gasteiger partial charge < -0.3 is 14.5 Å². The largest absolute Gasteiger partial charge is 0.450 e. The van der Waals surface area contributed by atoms with Gasteiger partial charge in [0.15, 0.2) is 0 Å². The fraction of sp³-hybridized carbons (Fsp3) is 0.619. The number of amides is 2. The Morgan fingerprint density at radius 3 is 2.19 bits per heavy atom. The Bertz CT molecular complexity index is 864. The summed E-state index contributed by atoms with van der Waals surface area (Å²) in [7, 11) is -3.80. The van der Waals surface area contributed by atoms with E-state index >= 15 is 0 Å². The fourth-order valence-corrected chi connectivity index (χ4v) is 6.01. The van der Waals surface area contributed by atoms with Gasteiger partial charge in [-0.2, -0.15) is 4.31 Å². The molecule has 2 fully saturated rings.